The molecule has 2 nitrogen and oxygen atoms in total. The summed E-state index contributed by atoms with van der Waals surface area (Å²) in [6.45, 7) is 1.54. The van der Waals surface area contributed by atoms with Gasteiger partial charge in [-0.1, -0.05) is 36.6 Å². The molecule has 0 radical (unpaired) electrons. The minimum Gasteiger partial charge on any atom is -0.311 e. The molecule has 19 heavy (non-hydrogen) atoms. The second kappa shape index (κ2) is 6.21. The first kappa shape index (κ1) is 14.8. The third kappa shape index (κ3) is 3.28. The second-order valence-electron chi connectivity index (χ2n) is 5.64. The first-order valence-corrected chi connectivity index (χ1v) is 7.24. The molecule has 0 amide bonds. The lowest BCUT2D eigenvalue weighted by molar-refractivity contribution is 0.153. The Bertz CT molecular complexity index is 428. The maximum absolute atomic E-state index is 13.3. The molecule has 1 aliphatic rings. The van der Waals surface area contributed by atoms with Gasteiger partial charge in [0.05, 0.1) is 5.02 Å². The van der Waals surface area contributed by atoms with Crippen molar-refractivity contribution >= 4 is 11.6 Å². The summed E-state index contributed by atoms with van der Waals surface area (Å²) in [5.41, 5.74) is 1.08. The fraction of sp³-hybridized carbons (Fsp3) is 0.600. The van der Waals surface area contributed by atoms with Crippen molar-refractivity contribution in [1.82, 2.24) is 10.2 Å². The summed E-state index contributed by atoms with van der Waals surface area (Å²) in [4.78, 5) is 2.32. The Labute approximate surface area is 119 Å². The molecule has 0 atom stereocenters. The number of hydrogen-bond acceptors (Lipinski definition) is 2. The zero-order valence-corrected chi connectivity index (χ0v) is 12.4. The van der Waals surface area contributed by atoms with Gasteiger partial charge in [0.15, 0.2) is 0 Å². The van der Waals surface area contributed by atoms with Gasteiger partial charge in [-0.3, -0.25) is 0 Å². The van der Waals surface area contributed by atoms with Gasteiger partial charge < -0.3 is 10.2 Å². The fourth-order valence-electron chi connectivity index (χ4n) is 2.93. The van der Waals surface area contributed by atoms with Crippen LogP contribution in [0.1, 0.15) is 31.2 Å². The van der Waals surface area contributed by atoms with Crippen LogP contribution in [-0.2, 0) is 6.54 Å². The van der Waals surface area contributed by atoms with Crippen molar-refractivity contribution in [3.05, 3.63) is 34.6 Å². The van der Waals surface area contributed by atoms with Gasteiger partial charge in [0.1, 0.15) is 5.82 Å². The average molecular weight is 285 g/mol. The molecule has 1 aromatic rings. The number of rotatable bonds is 5. The Kier molecular flexibility index (Phi) is 4.82. The van der Waals surface area contributed by atoms with Gasteiger partial charge in [-0.25, -0.2) is 4.39 Å². The molecule has 0 heterocycles. The molecule has 0 spiro atoms. The van der Waals surface area contributed by atoms with Crippen LogP contribution in [0.3, 0.4) is 0 Å². The molecule has 1 N–H and O–H groups in total. The Morgan fingerprint density at radius 1 is 1.32 bits per heavy atom. The number of likely N-dealkylation sites (N-methyl/N-ethyl adjacent to an activating group) is 1. The van der Waals surface area contributed by atoms with E-state index in [0.29, 0.717) is 6.54 Å². The third-order valence-electron chi connectivity index (χ3n) is 4.28. The molecule has 2 rings (SSSR count). The van der Waals surface area contributed by atoms with Crippen LogP contribution in [0.5, 0.6) is 0 Å². The summed E-state index contributed by atoms with van der Waals surface area (Å²) in [6.07, 6.45) is 5.04. The zero-order chi connectivity index (χ0) is 13.9. The lowest BCUT2D eigenvalue weighted by Crippen LogP contribution is -2.49. The minimum absolute atomic E-state index is 0.236. The molecule has 0 aliphatic heterocycles. The minimum atomic E-state index is -0.343. The van der Waals surface area contributed by atoms with Crippen molar-refractivity contribution in [1.29, 1.82) is 0 Å². The molecule has 4 heteroatoms. The van der Waals surface area contributed by atoms with E-state index in [9.17, 15) is 4.39 Å². The molecule has 1 fully saturated rings. The topological polar surface area (TPSA) is 15.3 Å². The van der Waals surface area contributed by atoms with E-state index in [-0.39, 0.29) is 16.4 Å². The molecule has 0 bridgehead atoms. The SMILES string of the molecule is CN(C)C1(CNCc2cccc(F)c2Cl)CCCC1. The molecule has 1 aliphatic carbocycles. The van der Waals surface area contributed by atoms with Crippen LogP contribution in [0, 0.1) is 5.82 Å². The van der Waals surface area contributed by atoms with Gasteiger partial charge in [-0.05, 0) is 38.6 Å². The van der Waals surface area contributed by atoms with Crippen LogP contribution in [0.4, 0.5) is 4.39 Å². The maximum atomic E-state index is 13.3. The second-order valence-corrected chi connectivity index (χ2v) is 6.02. The van der Waals surface area contributed by atoms with Crippen molar-refractivity contribution in [2.45, 2.75) is 37.8 Å². The van der Waals surface area contributed by atoms with E-state index in [1.807, 2.05) is 6.07 Å². The van der Waals surface area contributed by atoms with Gasteiger partial charge in [-0.2, -0.15) is 0 Å². The Morgan fingerprint density at radius 2 is 2.00 bits per heavy atom. The Hall–Kier alpha value is -0.640. The molecule has 0 aromatic heterocycles. The van der Waals surface area contributed by atoms with Crippen molar-refractivity contribution in [3.8, 4) is 0 Å². The van der Waals surface area contributed by atoms with E-state index in [4.69, 9.17) is 11.6 Å². The van der Waals surface area contributed by atoms with Crippen LogP contribution in [0.15, 0.2) is 18.2 Å². The van der Waals surface area contributed by atoms with E-state index in [1.165, 1.54) is 31.7 Å². The molecule has 0 unspecified atom stereocenters. The van der Waals surface area contributed by atoms with E-state index < -0.39 is 0 Å². The number of nitrogens with zero attached hydrogens (tertiary/aromatic N) is 1. The molecular weight excluding hydrogens is 263 g/mol. The van der Waals surface area contributed by atoms with E-state index in [0.717, 1.165) is 12.1 Å². The van der Waals surface area contributed by atoms with Crippen LogP contribution in [0.2, 0.25) is 5.02 Å². The average Bonchev–Trinajstić information content (AvgIpc) is 2.85. The normalized spacial score (nSPS) is 18.2. The van der Waals surface area contributed by atoms with Crippen LogP contribution < -0.4 is 5.32 Å². The Balaban J connectivity index is 1.94. The van der Waals surface area contributed by atoms with Crippen molar-refractivity contribution in [2.24, 2.45) is 0 Å². The first-order chi connectivity index (χ1) is 9.05. The lowest BCUT2D eigenvalue weighted by Gasteiger charge is -2.36. The van der Waals surface area contributed by atoms with Gasteiger partial charge in [0.25, 0.3) is 0 Å². The van der Waals surface area contributed by atoms with Crippen molar-refractivity contribution in [3.63, 3.8) is 0 Å². The largest absolute Gasteiger partial charge is 0.311 e. The summed E-state index contributed by atoms with van der Waals surface area (Å²) in [5, 5.41) is 3.68. The third-order valence-corrected chi connectivity index (χ3v) is 4.71. The van der Waals surface area contributed by atoms with E-state index in [1.54, 1.807) is 6.07 Å². The lowest BCUT2D eigenvalue weighted by atomic mass is 9.96. The molecule has 0 saturated heterocycles. The quantitative estimate of drug-likeness (QED) is 0.891. The standard InChI is InChI=1S/C15H22ClFN2/c1-19(2)15(8-3-4-9-15)11-18-10-12-6-5-7-13(17)14(12)16/h5-7,18H,3-4,8-11H2,1-2H3. The van der Waals surface area contributed by atoms with Gasteiger partial charge in [-0.15, -0.1) is 0 Å². The van der Waals surface area contributed by atoms with Gasteiger partial charge in [0, 0.05) is 18.6 Å². The highest BCUT2D eigenvalue weighted by molar-refractivity contribution is 6.31. The summed E-state index contributed by atoms with van der Waals surface area (Å²) in [6, 6.07) is 4.97. The summed E-state index contributed by atoms with van der Waals surface area (Å²) >= 11 is 5.96. The monoisotopic (exact) mass is 284 g/mol. The molecule has 106 valence electrons. The maximum Gasteiger partial charge on any atom is 0.142 e. The number of benzene rings is 1. The predicted octanol–water partition coefficient (Wildman–Crippen LogP) is 3.44. The zero-order valence-electron chi connectivity index (χ0n) is 11.7. The number of halogens is 2. The highest BCUT2D eigenvalue weighted by Crippen LogP contribution is 2.33. The predicted molar refractivity (Wildman–Crippen MR) is 78.0 cm³/mol. The van der Waals surface area contributed by atoms with Crippen LogP contribution >= 0.6 is 11.6 Å². The van der Waals surface area contributed by atoms with E-state index in [2.05, 4.69) is 24.3 Å². The Morgan fingerprint density at radius 3 is 2.63 bits per heavy atom. The fourth-order valence-corrected chi connectivity index (χ4v) is 3.12. The first-order valence-electron chi connectivity index (χ1n) is 6.86. The van der Waals surface area contributed by atoms with Crippen LogP contribution in [0.25, 0.3) is 0 Å². The smallest absolute Gasteiger partial charge is 0.142 e. The van der Waals surface area contributed by atoms with Crippen molar-refractivity contribution in [2.75, 3.05) is 20.6 Å². The van der Waals surface area contributed by atoms with Gasteiger partial charge >= 0.3 is 0 Å². The van der Waals surface area contributed by atoms with E-state index >= 15 is 0 Å². The molecule has 1 aromatic carbocycles. The number of hydrogen-bond donors (Lipinski definition) is 1. The highest BCUT2D eigenvalue weighted by atomic mass is 35.5. The number of nitrogens with one attached hydrogen (secondary N) is 1. The molecular formula is C15H22ClFN2. The molecule has 1 saturated carbocycles. The van der Waals surface area contributed by atoms with Crippen LogP contribution in [-0.4, -0.2) is 31.1 Å². The van der Waals surface area contributed by atoms with Gasteiger partial charge in [0.2, 0.25) is 0 Å². The summed E-state index contributed by atoms with van der Waals surface area (Å²) in [7, 11) is 4.28. The summed E-state index contributed by atoms with van der Waals surface area (Å²) < 4.78 is 13.3. The van der Waals surface area contributed by atoms with Crippen molar-refractivity contribution < 1.29 is 4.39 Å². The summed E-state index contributed by atoms with van der Waals surface area (Å²) in [5.74, 6) is -0.343. The highest BCUT2D eigenvalue weighted by Gasteiger charge is 2.35.